The lowest BCUT2D eigenvalue weighted by molar-refractivity contribution is -0.144. The minimum absolute atomic E-state index is 0.0212. The lowest BCUT2D eigenvalue weighted by atomic mass is 10.1. The Bertz CT molecular complexity index is 617. The van der Waals surface area contributed by atoms with Crippen molar-refractivity contribution in [2.24, 2.45) is 0 Å². The van der Waals surface area contributed by atoms with Crippen LogP contribution < -0.4 is 0 Å². The van der Waals surface area contributed by atoms with Crippen LogP contribution in [0.3, 0.4) is 0 Å². The summed E-state index contributed by atoms with van der Waals surface area (Å²) in [6.07, 6.45) is 2.19. The molecule has 132 valence electrons. The van der Waals surface area contributed by atoms with Gasteiger partial charge in [-0.3, -0.25) is 14.5 Å². The van der Waals surface area contributed by atoms with E-state index in [0.717, 1.165) is 19.4 Å². The number of amides is 1. The van der Waals surface area contributed by atoms with Crippen LogP contribution in [0.4, 0.5) is 0 Å². The summed E-state index contributed by atoms with van der Waals surface area (Å²) in [5.74, 6) is 0.925. The molecule has 8 heteroatoms. The number of hydrogen-bond acceptors (Lipinski definition) is 7. The third-order valence-corrected chi connectivity index (χ3v) is 4.75. The molecule has 3 rings (SSSR count). The van der Waals surface area contributed by atoms with Crippen LogP contribution in [0.1, 0.15) is 45.3 Å². The van der Waals surface area contributed by atoms with Gasteiger partial charge in [-0.2, -0.15) is 4.98 Å². The molecule has 0 saturated carbocycles. The average Bonchev–Trinajstić information content (AvgIpc) is 3.24. The number of rotatable bonds is 5. The van der Waals surface area contributed by atoms with Gasteiger partial charge in [0.05, 0.1) is 6.54 Å². The van der Waals surface area contributed by atoms with Crippen molar-refractivity contribution < 1.29 is 18.8 Å². The molecule has 8 nitrogen and oxygen atoms in total. The number of nitrogens with zero attached hydrogens (tertiary/aromatic N) is 4. The molecule has 1 aromatic heterocycles. The zero-order valence-corrected chi connectivity index (χ0v) is 14.4. The van der Waals surface area contributed by atoms with Crippen molar-refractivity contribution in [3.05, 3.63) is 11.7 Å². The van der Waals surface area contributed by atoms with Gasteiger partial charge in [-0.05, 0) is 13.3 Å². The van der Waals surface area contributed by atoms with Crippen molar-refractivity contribution in [1.82, 2.24) is 19.9 Å². The molecule has 0 aliphatic carbocycles. The van der Waals surface area contributed by atoms with Gasteiger partial charge in [0.1, 0.15) is 12.1 Å². The molecule has 1 amide bonds. The van der Waals surface area contributed by atoms with Gasteiger partial charge in [0, 0.05) is 38.9 Å². The minimum atomic E-state index is -0.185. The first-order valence-electron chi connectivity index (χ1n) is 8.51. The average molecular weight is 336 g/mol. The molecule has 0 N–H and O–H groups in total. The molecule has 2 aliphatic heterocycles. The summed E-state index contributed by atoms with van der Waals surface area (Å²) in [5, 5.41) is 3.93. The zero-order valence-electron chi connectivity index (χ0n) is 14.4. The summed E-state index contributed by atoms with van der Waals surface area (Å²) >= 11 is 0. The van der Waals surface area contributed by atoms with Crippen LogP contribution in [-0.4, -0.2) is 63.1 Å². The Morgan fingerprint density at radius 3 is 2.83 bits per heavy atom. The highest BCUT2D eigenvalue weighted by atomic mass is 16.6. The highest BCUT2D eigenvalue weighted by Crippen LogP contribution is 2.26. The second-order valence-electron chi connectivity index (χ2n) is 6.54. The predicted molar refractivity (Wildman–Crippen MR) is 83.8 cm³/mol. The Morgan fingerprint density at radius 1 is 1.46 bits per heavy atom. The maximum Gasteiger partial charge on any atom is 0.323 e. The topological polar surface area (TPSA) is 88.8 Å². The summed E-state index contributed by atoms with van der Waals surface area (Å²) in [4.78, 5) is 32.2. The first-order chi connectivity index (χ1) is 11.5. The largest absolute Gasteiger partial charge is 0.461 e. The van der Waals surface area contributed by atoms with Gasteiger partial charge in [0.15, 0.2) is 5.82 Å². The van der Waals surface area contributed by atoms with E-state index in [4.69, 9.17) is 9.26 Å². The molecular formula is C16H24N4O4. The van der Waals surface area contributed by atoms with E-state index in [9.17, 15) is 9.59 Å². The Balaban J connectivity index is 1.64. The molecule has 3 atom stereocenters. The molecule has 0 radical (unpaired) electrons. The van der Waals surface area contributed by atoms with Crippen molar-refractivity contribution >= 4 is 11.9 Å². The first kappa shape index (κ1) is 16.9. The lowest BCUT2D eigenvalue weighted by Crippen LogP contribution is -2.43. The normalized spacial score (nSPS) is 27.5. The number of ether oxygens (including phenoxy) is 1. The second-order valence-corrected chi connectivity index (χ2v) is 6.54. The number of cyclic esters (lactones) is 1. The standard InChI is InChI=1S/C16H24N4O4/c1-4-15-17-14(18-24-15)9-20(11(3)21)12-5-6-19(8-12)13-7-10(2)23-16(13)22/h10,12-13H,4-9H2,1-3H3/t10-,12+,13-/m0/s1. The molecule has 0 bridgehead atoms. The summed E-state index contributed by atoms with van der Waals surface area (Å²) in [7, 11) is 0. The molecule has 2 aliphatic rings. The van der Waals surface area contributed by atoms with E-state index in [0.29, 0.717) is 31.2 Å². The van der Waals surface area contributed by atoms with Gasteiger partial charge in [-0.1, -0.05) is 12.1 Å². The number of hydrogen-bond donors (Lipinski definition) is 0. The number of likely N-dealkylation sites (tertiary alicyclic amines) is 1. The highest BCUT2D eigenvalue weighted by molar-refractivity contribution is 5.78. The fraction of sp³-hybridized carbons (Fsp3) is 0.750. The number of carbonyl (C=O) groups excluding carboxylic acids is 2. The highest BCUT2D eigenvalue weighted by Gasteiger charge is 2.41. The maximum absolute atomic E-state index is 12.1. The monoisotopic (exact) mass is 336 g/mol. The fourth-order valence-electron chi connectivity index (χ4n) is 3.49. The number of aromatic nitrogens is 2. The predicted octanol–water partition coefficient (Wildman–Crippen LogP) is 0.759. The minimum Gasteiger partial charge on any atom is -0.461 e. The third kappa shape index (κ3) is 3.43. The summed E-state index contributed by atoms with van der Waals surface area (Å²) in [5.41, 5.74) is 0. The number of carbonyl (C=O) groups is 2. The van der Waals surface area contributed by atoms with Gasteiger partial charge in [0.2, 0.25) is 11.8 Å². The number of esters is 1. The summed E-state index contributed by atoms with van der Waals surface area (Å²) in [6.45, 7) is 7.20. The lowest BCUT2D eigenvalue weighted by Gasteiger charge is -2.27. The van der Waals surface area contributed by atoms with E-state index >= 15 is 0 Å². The van der Waals surface area contributed by atoms with Crippen molar-refractivity contribution in [3.63, 3.8) is 0 Å². The fourth-order valence-corrected chi connectivity index (χ4v) is 3.49. The van der Waals surface area contributed by atoms with Crippen LogP contribution in [0.15, 0.2) is 4.52 Å². The van der Waals surface area contributed by atoms with E-state index < -0.39 is 0 Å². The van der Waals surface area contributed by atoms with Crippen LogP contribution in [0, 0.1) is 0 Å². The van der Waals surface area contributed by atoms with Gasteiger partial charge in [0.25, 0.3) is 0 Å². The Morgan fingerprint density at radius 2 is 2.25 bits per heavy atom. The molecule has 0 spiro atoms. The molecule has 24 heavy (non-hydrogen) atoms. The van der Waals surface area contributed by atoms with Crippen LogP contribution >= 0.6 is 0 Å². The molecule has 0 aromatic carbocycles. The molecular weight excluding hydrogens is 312 g/mol. The van der Waals surface area contributed by atoms with E-state index in [-0.39, 0.29) is 30.1 Å². The van der Waals surface area contributed by atoms with Crippen LogP contribution in [-0.2, 0) is 27.3 Å². The van der Waals surface area contributed by atoms with Crippen LogP contribution in [0.5, 0.6) is 0 Å². The van der Waals surface area contributed by atoms with Crippen LogP contribution in [0.25, 0.3) is 0 Å². The van der Waals surface area contributed by atoms with Gasteiger partial charge in [-0.25, -0.2) is 0 Å². The smallest absolute Gasteiger partial charge is 0.323 e. The summed E-state index contributed by atoms with van der Waals surface area (Å²) < 4.78 is 10.4. The Labute approximate surface area is 141 Å². The van der Waals surface area contributed by atoms with Gasteiger partial charge in [-0.15, -0.1) is 0 Å². The molecule has 3 heterocycles. The number of aryl methyl sites for hydroxylation is 1. The van der Waals surface area contributed by atoms with Crippen LogP contribution in [0.2, 0.25) is 0 Å². The zero-order chi connectivity index (χ0) is 17.3. The summed E-state index contributed by atoms with van der Waals surface area (Å²) in [6, 6.07) is -0.134. The van der Waals surface area contributed by atoms with Crippen molar-refractivity contribution in [1.29, 1.82) is 0 Å². The quantitative estimate of drug-likeness (QED) is 0.733. The maximum atomic E-state index is 12.1. The van der Waals surface area contributed by atoms with Crippen molar-refractivity contribution in [3.8, 4) is 0 Å². The van der Waals surface area contributed by atoms with Gasteiger partial charge < -0.3 is 14.2 Å². The Hall–Kier alpha value is -1.96. The molecule has 0 unspecified atom stereocenters. The van der Waals surface area contributed by atoms with Gasteiger partial charge >= 0.3 is 5.97 Å². The molecule has 2 saturated heterocycles. The SMILES string of the molecule is CCc1nc(CN(C(C)=O)[C@@H]2CCN([C@H]3C[C@H](C)OC3=O)C2)no1. The van der Waals surface area contributed by atoms with Crippen molar-refractivity contribution in [2.75, 3.05) is 13.1 Å². The van der Waals surface area contributed by atoms with E-state index in [2.05, 4.69) is 15.0 Å². The van der Waals surface area contributed by atoms with E-state index in [1.54, 1.807) is 11.8 Å². The van der Waals surface area contributed by atoms with E-state index in [1.165, 1.54) is 0 Å². The molecule has 2 fully saturated rings. The molecule has 1 aromatic rings. The van der Waals surface area contributed by atoms with Crippen molar-refractivity contribution in [2.45, 2.75) is 64.8 Å². The van der Waals surface area contributed by atoms with E-state index in [1.807, 2.05) is 13.8 Å². The Kier molecular flexibility index (Phi) is 4.84. The first-order valence-corrected chi connectivity index (χ1v) is 8.51. The third-order valence-electron chi connectivity index (χ3n) is 4.75. The second kappa shape index (κ2) is 6.88.